The maximum absolute atomic E-state index is 6.06. The van der Waals surface area contributed by atoms with E-state index in [1.54, 1.807) is 7.11 Å². The Balaban J connectivity index is 0.00000280. The quantitative estimate of drug-likeness (QED) is 0.245. The fourth-order valence-electron chi connectivity index (χ4n) is 3.35. The molecule has 2 aromatic carbocycles. The van der Waals surface area contributed by atoms with Crippen LogP contribution in [-0.2, 0) is 24.2 Å². The molecule has 0 aromatic heterocycles. The SMILES string of the molecule is COc1ccc(COCCCN=C(N)Nc2cccc3c2CCCC3)cc1.I. The van der Waals surface area contributed by atoms with Crippen LogP contribution in [0.25, 0.3) is 0 Å². The van der Waals surface area contributed by atoms with Gasteiger partial charge in [0.1, 0.15) is 5.75 Å². The van der Waals surface area contributed by atoms with Gasteiger partial charge in [-0.15, -0.1) is 24.0 Å². The number of rotatable bonds is 8. The second-order valence-electron chi connectivity index (χ2n) is 6.80. The van der Waals surface area contributed by atoms with E-state index in [0.717, 1.165) is 36.3 Å². The highest BCUT2D eigenvalue weighted by Gasteiger charge is 2.12. The van der Waals surface area contributed by atoms with Crippen LogP contribution in [0.15, 0.2) is 47.5 Å². The molecule has 1 aliphatic carbocycles. The molecule has 0 saturated heterocycles. The van der Waals surface area contributed by atoms with E-state index in [1.165, 1.54) is 24.0 Å². The Kier molecular flexibility index (Phi) is 9.57. The van der Waals surface area contributed by atoms with Gasteiger partial charge in [-0.2, -0.15) is 0 Å². The van der Waals surface area contributed by atoms with Gasteiger partial charge in [0.15, 0.2) is 5.96 Å². The highest BCUT2D eigenvalue weighted by Crippen LogP contribution is 2.27. The summed E-state index contributed by atoms with van der Waals surface area (Å²) in [6.45, 7) is 1.90. The molecule has 5 nitrogen and oxygen atoms in total. The number of ether oxygens (including phenoxy) is 2. The molecule has 6 heteroatoms. The van der Waals surface area contributed by atoms with E-state index in [-0.39, 0.29) is 24.0 Å². The van der Waals surface area contributed by atoms with Crippen LogP contribution in [0.2, 0.25) is 0 Å². The highest BCUT2D eigenvalue weighted by atomic mass is 127. The molecule has 0 unspecified atom stereocenters. The summed E-state index contributed by atoms with van der Waals surface area (Å²) >= 11 is 0. The van der Waals surface area contributed by atoms with Gasteiger partial charge in [0, 0.05) is 18.8 Å². The van der Waals surface area contributed by atoms with E-state index >= 15 is 0 Å². The first-order chi connectivity index (χ1) is 13.3. The van der Waals surface area contributed by atoms with Crippen molar-refractivity contribution in [1.29, 1.82) is 0 Å². The standard InChI is InChI=1S/C22H29N3O2.HI/c1-26-19-12-10-17(11-13-19)16-27-15-5-14-24-22(23)25-21-9-4-7-18-6-2-3-8-20(18)21;/h4,7,9-13H,2-3,5-6,8,14-16H2,1H3,(H3,23,24,25);1H. The summed E-state index contributed by atoms with van der Waals surface area (Å²) in [4.78, 5) is 4.42. The van der Waals surface area contributed by atoms with Crippen LogP contribution in [0.5, 0.6) is 5.75 Å². The van der Waals surface area contributed by atoms with Crippen LogP contribution in [0.1, 0.15) is 36.0 Å². The molecule has 2 aromatic rings. The lowest BCUT2D eigenvalue weighted by atomic mass is 9.90. The van der Waals surface area contributed by atoms with Crippen molar-refractivity contribution in [2.45, 2.75) is 38.7 Å². The number of guanidine groups is 1. The Morgan fingerprint density at radius 1 is 1.11 bits per heavy atom. The minimum atomic E-state index is 0. The number of nitrogens with zero attached hydrogens (tertiary/aromatic N) is 1. The Morgan fingerprint density at radius 3 is 2.68 bits per heavy atom. The molecule has 0 atom stereocenters. The van der Waals surface area contributed by atoms with Gasteiger partial charge in [-0.05, 0) is 67.0 Å². The Labute approximate surface area is 184 Å². The van der Waals surface area contributed by atoms with Crippen LogP contribution < -0.4 is 15.8 Å². The number of aliphatic imine (C=N–C) groups is 1. The molecule has 0 heterocycles. The molecule has 0 spiro atoms. The number of benzene rings is 2. The van der Waals surface area contributed by atoms with Gasteiger partial charge in [0.05, 0.1) is 13.7 Å². The number of anilines is 1. The van der Waals surface area contributed by atoms with Gasteiger partial charge in [0.2, 0.25) is 0 Å². The number of aryl methyl sites for hydroxylation is 1. The van der Waals surface area contributed by atoms with Crippen LogP contribution >= 0.6 is 24.0 Å². The van der Waals surface area contributed by atoms with Crippen molar-refractivity contribution in [1.82, 2.24) is 0 Å². The maximum atomic E-state index is 6.06. The van der Waals surface area contributed by atoms with E-state index in [9.17, 15) is 0 Å². The molecule has 3 rings (SSSR count). The first-order valence-corrected chi connectivity index (χ1v) is 9.64. The molecule has 0 amide bonds. The second-order valence-corrected chi connectivity index (χ2v) is 6.80. The fourth-order valence-corrected chi connectivity index (χ4v) is 3.35. The molecule has 1 aliphatic rings. The van der Waals surface area contributed by atoms with Crippen LogP contribution in [0, 0.1) is 0 Å². The normalized spacial score (nSPS) is 13.4. The number of halogens is 1. The van der Waals surface area contributed by atoms with Crippen molar-refractivity contribution in [2.24, 2.45) is 10.7 Å². The summed E-state index contributed by atoms with van der Waals surface area (Å²) in [5.41, 5.74) is 11.1. The number of fused-ring (bicyclic) bond motifs is 1. The highest BCUT2D eigenvalue weighted by molar-refractivity contribution is 14.0. The van der Waals surface area contributed by atoms with E-state index in [2.05, 4.69) is 28.5 Å². The number of hydrogen-bond acceptors (Lipinski definition) is 3. The molecule has 0 bridgehead atoms. The lowest BCUT2D eigenvalue weighted by molar-refractivity contribution is 0.120. The molecule has 28 heavy (non-hydrogen) atoms. The zero-order chi connectivity index (χ0) is 18.9. The molecule has 0 fully saturated rings. The summed E-state index contributed by atoms with van der Waals surface area (Å²) in [7, 11) is 1.67. The Bertz CT molecular complexity index is 763. The topological polar surface area (TPSA) is 68.9 Å². The minimum Gasteiger partial charge on any atom is -0.497 e. The first-order valence-electron chi connectivity index (χ1n) is 9.64. The van der Waals surface area contributed by atoms with Crippen LogP contribution in [0.4, 0.5) is 5.69 Å². The summed E-state index contributed by atoms with van der Waals surface area (Å²) in [6.07, 6.45) is 5.63. The van der Waals surface area contributed by atoms with Crippen molar-refractivity contribution in [3.8, 4) is 5.75 Å². The summed E-state index contributed by atoms with van der Waals surface area (Å²) in [5.74, 6) is 1.33. The van der Waals surface area contributed by atoms with Crippen molar-refractivity contribution >= 4 is 35.6 Å². The van der Waals surface area contributed by atoms with Crippen molar-refractivity contribution in [3.05, 3.63) is 59.2 Å². The lowest BCUT2D eigenvalue weighted by Gasteiger charge is -2.19. The third-order valence-electron chi connectivity index (χ3n) is 4.82. The van der Waals surface area contributed by atoms with E-state index < -0.39 is 0 Å². The number of nitrogens with one attached hydrogen (secondary N) is 1. The third kappa shape index (κ3) is 6.67. The monoisotopic (exact) mass is 495 g/mol. The van der Waals surface area contributed by atoms with Crippen LogP contribution in [-0.4, -0.2) is 26.2 Å². The number of methoxy groups -OCH3 is 1. The smallest absolute Gasteiger partial charge is 0.193 e. The minimum absolute atomic E-state index is 0. The fraction of sp³-hybridized carbons (Fsp3) is 0.409. The molecule has 3 N–H and O–H groups in total. The average molecular weight is 495 g/mol. The van der Waals surface area contributed by atoms with E-state index in [0.29, 0.717) is 25.7 Å². The predicted molar refractivity (Wildman–Crippen MR) is 126 cm³/mol. The van der Waals surface area contributed by atoms with Gasteiger partial charge in [0.25, 0.3) is 0 Å². The predicted octanol–water partition coefficient (Wildman–Crippen LogP) is 4.53. The zero-order valence-electron chi connectivity index (χ0n) is 16.4. The first kappa shape index (κ1) is 22.5. The summed E-state index contributed by atoms with van der Waals surface area (Å²) < 4.78 is 10.8. The number of hydrogen-bond donors (Lipinski definition) is 2. The van der Waals surface area contributed by atoms with E-state index in [1.807, 2.05) is 24.3 Å². The lowest BCUT2D eigenvalue weighted by Crippen LogP contribution is -2.24. The average Bonchev–Trinajstić information content (AvgIpc) is 2.71. The van der Waals surface area contributed by atoms with Gasteiger partial charge in [-0.3, -0.25) is 4.99 Å². The maximum Gasteiger partial charge on any atom is 0.193 e. The van der Waals surface area contributed by atoms with Crippen molar-refractivity contribution in [3.63, 3.8) is 0 Å². The Hall–Kier alpha value is -1.80. The molecule has 0 saturated carbocycles. The van der Waals surface area contributed by atoms with Crippen molar-refractivity contribution < 1.29 is 9.47 Å². The largest absolute Gasteiger partial charge is 0.497 e. The van der Waals surface area contributed by atoms with Crippen molar-refractivity contribution in [2.75, 3.05) is 25.6 Å². The van der Waals surface area contributed by atoms with Crippen LogP contribution in [0.3, 0.4) is 0 Å². The van der Waals surface area contributed by atoms with Gasteiger partial charge in [-0.1, -0.05) is 24.3 Å². The third-order valence-corrected chi connectivity index (χ3v) is 4.82. The van der Waals surface area contributed by atoms with E-state index in [4.69, 9.17) is 15.2 Å². The second kappa shape index (κ2) is 11.9. The summed E-state index contributed by atoms with van der Waals surface area (Å²) in [6, 6.07) is 14.3. The molecule has 0 aliphatic heterocycles. The molecular weight excluding hydrogens is 465 g/mol. The molecular formula is C22H30IN3O2. The van der Waals surface area contributed by atoms with Gasteiger partial charge >= 0.3 is 0 Å². The van der Waals surface area contributed by atoms with Gasteiger partial charge < -0.3 is 20.5 Å². The molecule has 152 valence electrons. The van der Waals surface area contributed by atoms with Gasteiger partial charge in [-0.25, -0.2) is 0 Å². The number of nitrogens with two attached hydrogens (primary N) is 1. The zero-order valence-corrected chi connectivity index (χ0v) is 18.8. The molecule has 0 radical (unpaired) electrons. The summed E-state index contributed by atoms with van der Waals surface area (Å²) in [5, 5.41) is 3.27. The Morgan fingerprint density at radius 2 is 1.89 bits per heavy atom.